The quantitative estimate of drug-likeness (QED) is 0.456. The maximum absolute atomic E-state index is 12.3. The van der Waals surface area contributed by atoms with Crippen LogP contribution in [0.1, 0.15) is 40.1 Å². The molecule has 2 aromatic rings. The Morgan fingerprint density at radius 1 is 0.920 bits per heavy atom. The lowest BCUT2D eigenvalue weighted by molar-refractivity contribution is -0.142. The van der Waals surface area contributed by atoms with Gasteiger partial charge in [-0.05, 0) is 49.4 Å². The Hall–Kier alpha value is -3.15. The highest BCUT2D eigenvalue weighted by molar-refractivity contribution is 5.95. The van der Waals surface area contributed by atoms with Gasteiger partial charge in [-0.25, -0.2) is 4.79 Å². The molecule has 0 bridgehead atoms. The molecular formula is C19H18O6. The summed E-state index contributed by atoms with van der Waals surface area (Å²) in [6.45, 7) is 2.60. The normalized spacial score (nSPS) is 10.0. The second kappa shape index (κ2) is 8.10. The van der Waals surface area contributed by atoms with Gasteiger partial charge < -0.3 is 14.2 Å². The number of benzene rings is 2. The average Bonchev–Trinajstić information content (AvgIpc) is 2.60. The van der Waals surface area contributed by atoms with Gasteiger partial charge in [0.15, 0.2) is 5.78 Å². The summed E-state index contributed by atoms with van der Waals surface area (Å²) in [5.41, 5.74) is 1.21. The molecule has 0 fully saturated rings. The minimum absolute atomic E-state index is 0.0956. The van der Waals surface area contributed by atoms with Crippen molar-refractivity contribution < 1.29 is 28.6 Å². The van der Waals surface area contributed by atoms with Gasteiger partial charge in [0.1, 0.15) is 18.1 Å². The molecule has 130 valence electrons. The molecule has 0 atom stereocenters. The number of esters is 2. The molecule has 0 saturated heterocycles. The fourth-order valence-corrected chi connectivity index (χ4v) is 2.08. The van der Waals surface area contributed by atoms with Gasteiger partial charge >= 0.3 is 11.9 Å². The number of ketones is 1. The van der Waals surface area contributed by atoms with Crippen molar-refractivity contribution in [3.05, 3.63) is 59.2 Å². The van der Waals surface area contributed by atoms with Crippen molar-refractivity contribution in [2.45, 2.75) is 20.5 Å². The van der Waals surface area contributed by atoms with Crippen molar-refractivity contribution >= 4 is 17.7 Å². The van der Waals surface area contributed by atoms with E-state index in [0.29, 0.717) is 22.4 Å². The largest absolute Gasteiger partial charge is 0.497 e. The summed E-state index contributed by atoms with van der Waals surface area (Å²) in [4.78, 5) is 34.9. The van der Waals surface area contributed by atoms with Crippen LogP contribution in [0.3, 0.4) is 0 Å². The van der Waals surface area contributed by atoms with E-state index in [0.717, 1.165) is 0 Å². The van der Waals surface area contributed by atoms with Crippen LogP contribution in [0.25, 0.3) is 0 Å². The molecule has 0 unspecified atom stereocenters. The van der Waals surface area contributed by atoms with Crippen LogP contribution in [0.5, 0.6) is 11.5 Å². The zero-order chi connectivity index (χ0) is 18.4. The van der Waals surface area contributed by atoms with Crippen molar-refractivity contribution in [1.29, 1.82) is 0 Å². The zero-order valence-corrected chi connectivity index (χ0v) is 14.2. The molecule has 6 heteroatoms. The number of hydrogen-bond acceptors (Lipinski definition) is 6. The summed E-state index contributed by atoms with van der Waals surface area (Å²) < 4.78 is 15.4. The van der Waals surface area contributed by atoms with E-state index in [-0.39, 0.29) is 18.1 Å². The molecule has 0 heterocycles. The first-order valence-corrected chi connectivity index (χ1v) is 7.54. The lowest BCUT2D eigenvalue weighted by Gasteiger charge is -2.12. The molecule has 0 amide bonds. The average molecular weight is 342 g/mol. The lowest BCUT2D eigenvalue weighted by atomic mass is 10.1. The van der Waals surface area contributed by atoms with E-state index in [1.807, 2.05) is 0 Å². The molecule has 0 aliphatic carbocycles. The highest BCUT2D eigenvalue weighted by Crippen LogP contribution is 2.23. The summed E-state index contributed by atoms with van der Waals surface area (Å²) in [5, 5.41) is 0. The Balaban J connectivity index is 2.24. The van der Waals surface area contributed by atoms with Crippen molar-refractivity contribution in [2.24, 2.45) is 0 Å². The molecule has 2 aromatic carbocycles. The number of ether oxygens (including phenoxy) is 3. The van der Waals surface area contributed by atoms with Crippen molar-refractivity contribution in [3.8, 4) is 11.5 Å². The highest BCUT2D eigenvalue weighted by Gasteiger charge is 2.14. The monoisotopic (exact) mass is 342 g/mol. The van der Waals surface area contributed by atoms with Gasteiger partial charge in [-0.15, -0.1) is 0 Å². The fraction of sp³-hybridized carbons (Fsp3) is 0.211. The van der Waals surface area contributed by atoms with Gasteiger partial charge in [0.2, 0.25) is 0 Å². The second-order valence-electron chi connectivity index (χ2n) is 5.28. The van der Waals surface area contributed by atoms with Crippen molar-refractivity contribution in [3.63, 3.8) is 0 Å². The van der Waals surface area contributed by atoms with Crippen LogP contribution in [-0.4, -0.2) is 24.8 Å². The summed E-state index contributed by atoms with van der Waals surface area (Å²) in [7, 11) is 1.53. The molecule has 0 N–H and O–H groups in total. The van der Waals surface area contributed by atoms with Crippen LogP contribution in [0, 0.1) is 0 Å². The number of methoxy groups -OCH3 is 1. The maximum atomic E-state index is 12.3. The van der Waals surface area contributed by atoms with Crippen LogP contribution in [-0.2, 0) is 16.1 Å². The van der Waals surface area contributed by atoms with Gasteiger partial charge in [0.05, 0.1) is 12.7 Å². The lowest BCUT2D eigenvalue weighted by Crippen LogP contribution is -2.11. The molecule has 6 nitrogen and oxygen atoms in total. The predicted octanol–water partition coefficient (Wildman–Crippen LogP) is 3.18. The van der Waals surface area contributed by atoms with Gasteiger partial charge in [-0.3, -0.25) is 9.59 Å². The minimum atomic E-state index is -0.567. The number of hydrogen-bond donors (Lipinski definition) is 0. The topological polar surface area (TPSA) is 78.9 Å². The first-order chi connectivity index (χ1) is 11.9. The summed E-state index contributed by atoms with van der Waals surface area (Å²) in [6, 6.07) is 11.1. The van der Waals surface area contributed by atoms with E-state index >= 15 is 0 Å². The molecular weight excluding hydrogens is 324 g/mol. The molecule has 0 aliphatic heterocycles. The standard InChI is InChI=1S/C19H18O6/c1-12(20)15-6-9-18(16(10-15)11-24-13(2)21)25-19(22)14-4-7-17(23-3)8-5-14/h4-10H,11H2,1-3H3. The summed E-state index contributed by atoms with van der Waals surface area (Å²) >= 11 is 0. The van der Waals surface area contributed by atoms with Crippen LogP contribution in [0.4, 0.5) is 0 Å². The van der Waals surface area contributed by atoms with Crippen molar-refractivity contribution in [1.82, 2.24) is 0 Å². The first kappa shape index (κ1) is 18.2. The SMILES string of the molecule is COc1ccc(C(=O)Oc2ccc(C(C)=O)cc2COC(C)=O)cc1. The number of rotatable bonds is 6. The summed E-state index contributed by atoms with van der Waals surface area (Å²) in [6.07, 6.45) is 0. The second-order valence-corrected chi connectivity index (χ2v) is 5.28. The van der Waals surface area contributed by atoms with Crippen LogP contribution >= 0.6 is 0 Å². The van der Waals surface area contributed by atoms with E-state index in [1.54, 1.807) is 36.4 Å². The van der Waals surface area contributed by atoms with E-state index in [4.69, 9.17) is 14.2 Å². The number of carbonyl (C=O) groups excluding carboxylic acids is 3. The Kier molecular flexibility index (Phi) is 5.89. The van der Waals surface area contributed by atoms with Gasteiger partial charge in [-0.1, -0.05) is 0 Å². The van der Waals surface area contributed by atoms with E-state index in [1.165, 1.54) is 27.0 Å². The van der Waals surface area contributed by atoms with E-state index in [2.05, 4.69) is 0 Å². The molecule has 0 saturated carbocycles. The predicted molar refractivity (Wildman–Crippen MR) is 89.9 cm³/mol. The molecule has 25 heavy (non-hydrogen) atoms. The molecule has 0 spiro atoms. The highest BCUT2D eigenvalue weighted by atomic mass is 16.5. The molecule has 0 radical (unpaired) electrons. The molecule has 0 aromatic heterocycles. The Morgan fingerprint density at radius 2 is 1.56 bits per heavy atom. The van der Waals surface area contributed by atoms with Gasteiger partial charge in [0.25, 0.3) is 0 Å². The zero-order valence-electron chi connectivity index (χ0n) is 14.2. The Morgan fingerprint density at radius 3 is 2.12 bits per heavy atom. The summed E-state index contributed by atoms with van der Waals surface area (Å²) in [5.74, 6) is -0.329. The van der Waals surface area contributed by atoms with Gasteiger partial charge in [-0.2, -0.15) is 0 Å². The fourth-order valence-electron chi connectivity index (χ4n) is 2.08. The molecule has 2 rings (SSSR count). The van der Waals surface area contributed by atoms with Crippen LogP contribution in [0.2, 0.25) is 0 Å². The Labute approximate surface area is 145 Å². The number of carbonyl (C=O) groups is 3. The van der Waals surface area contributed by atoms with E-state index in [9.17, 15) is 14.4 Å². The van der Waals surface area contributed by atoms with Gasteiger partial charge in [0, 0.05) is 18.1 Å². The van der Waals surface area contributed by atoms with Crippen LogP contribution in [0.15, 0.2) is 42.5 Å². The first-order valence-electron chi connectivity index (χ1n) is 7.54. The Bertz CT molecular complexity index is 792. The molecule has 0 aliphatic rings. The van der Waals surface area contributed by atoms with Crippen molar-refractivity contribution in [2.75, 3.05) is 7.11 Å². The third kappa shape index (κ3) is 4.91. The third-order valence-electron chi connectivity index (χ3n) is 3.43. The maximum Gasteiger partial charge on any atom is 0.343 e. The number of Topliss-reactive ketones (excluding diaryl/α,β-unsaturated/α-hetero) is 1. The van der Waals surface area contributed by atoms with Crippen LogP contribution < -0.4 is 9.47 Å². The third-order valence-corrected chi connectivity index (χ3v) is 3.43. The minimum Gasteiger partial charge on any atom is -0.497 e. The van der Waals surface area contributed by atoms with E-state index < -0.39 is 11.9 Å². The smallest absolute Gasteiger partial charge is 0.343 e.